The molecular weight excluding hydrogens is 220 g/mol. The second-order valence-electron chi connectivity index (χ2n) is 3.51. The van der Waals surface area contributed by atoms with Crippen LogP contribution in [0.2, 0.25) is 0 Å². The number of aromatic nitrogens is 2. The third-order valence-electron chi connectivity index (χ3n) is 2.19. The molecule has 1 aromatic heterocycles. The first-order valence-corrected chi connectivity index (χ1v) is 5.28. The van der Waals surface area contributed by atoms with Crippen LogP contribution in [0.5, 0.6) is 0 Å². The van der Waals surface area contributed by atoms with Crippen LogP contribution in [0.4, 0.5) is 0 Å². The molecule has 0 aliphatic carbocycles. The molecule has 1 heterocycles. The van der Waals surface area contributed by atoms with Crippen molar-refractivity contribution in [3.8, 4) is 11.4 Å². The van der Waals surface area contributed by atoms with Crippen molar-refractivity contribution in [2.24, 2.45) is 0 Å². The van der Waals surface area contributed by atoms with Gasteiger partial charge in [-0.25, -0.2) is 4.79 Å². The summed E-state index contributed by atoms with van der Waals surface area (Å²) in [5.74, 6) is -0.339. The highest BCUT2D eigenvalue weighted by Gasteiger charge is 2.16. The van der Waals surface area contributed by atoms with Gasteiger partial charge in [0.25, 0.3) is 0 Å². The molecule has 0 radical (unpaired) electrons. The molecule has 0 unspecified atom stereocenters. The molecule has 0 spiro atoms. The zero-order chi connectivity index (χ0) is 12.3. The van der Waals surface area contributed by atoms with Gasteiger partial charge in [-0.1, -0.05) is 35.0 Å². The molecule has 17 heavy (non-hydrogen) atoms. The Morgan fingerprint density at radius 2 is 2.06 bits per heavy atom. The fraction of sp³-hybridized carbons (Fsp3) is 0.250. The number of rotatable bonds is 3. The summed E-state index contributed by atoms with van der Waals surface area (Å²) in [6.45, 7) is 3.99. The summed E-state index contributed by atoms with van der Waals surface area (Å²) >= 11 is 0. The van der Waals surface area contributed by atoms with Gasteiger partial charge in [0.1, 0.15) is 0 Å². The monoisotopic (exact) mass is 232 g/mol. The van der Waals surface area contributed by atoms with Gasteiger partial charge in [0.15, 0.2) is 0 Å². The zero-order valence-corrected chi connectivity index (χ0v) is 9.64. The highest BCUT2D eigenvalue weighted by atomic mass is 16.6. The Balaban J connectivity index is 2.23. The van der Waals surface area contributed by atoms with Crippen LogP contribution in [0.1, 0.15) is 23.2 Å². The van der Waals surface area contributed by atoms with Crippen LogP contribution in [-0.2, 0) is 4.74 Å². The van der Waals surface area contributed by atoms with Crippen LogP contribution < -0.4 is 0 Å². The zero-order valence-electron chi connectivity index (χ0n) is 9.64. The summed E-state index contributed by atoms with van der Waals surface area (Å²) in [5.41, 5.74) is 1.94. The number of aryl methyl sites for hydroxylation is 1. The maximum Gasteiger partial charge on any atom is 0.397 e. The van der Waals surface area contributed by atoms with Crippen molar-refractivity contribution in [3.05, 3.63) is 35.7 Å². The molecule has 0 N–H and O–H groups in total. The molecule has 0 bridgehead atoms. The summed E-state index contributed by atoms with van der Waals surface area (Å²) in [4.78, 5) is 15.3. The summed E-state index contributed by atoms with van der Waals surface area (Å²) in [6, 6.07) is 7.62. The molecule has 5 nitrogen and oxygen atoms in total. The van der Waals surface area contributed by atoms with Gasteiger partial charge < -0.3 is 9.26 Å². The molecule has 0 aliphatic rings. The van der Waals surface area contributed by atoms with E-state index in [2.05, 4.69) is 10.1 Å². The first-order valence-electron chi connectivity index (χ1n) is 5.28. The largest absolute Gasteiger partial charge is 0.459 e. The first-order chi connectivity index (χ1) is 8.20. The Morgan fingerprint density at radius 3 is 2.71 bits per heavy atom. The predicted molar refractivity (Wildman–Crippen MR) is 60.4 cm³/mol. The molecule has 0 amide bonds. The number of esters is 1. The van der Waals surface area contributed by atoms with Crippen LogP contribution in [0.15, 0.2) is 28.8 Å². The quantitative estimate of drug-likeness (QED) is 0.759. The highest BCUT2D eigenvalue weighted by Crippen LogP contribution is 2.16. The van der Waals surface area contributed by atoms with Crippen LogP contribution in [-0.4, -0.2) is 22.7 Å². The van der Waals surface area contributed by atoms with Crippen molar-refractivity contribution >= 4 is 5.97 Å². The molecule has 0 saturated carbocycles. The Hall–Kier alpha value is -2.17. The Labute approximate surface area is 98.4 Å². The number of ether oxygens (including phenoxy) is 1. The normalized spacial score (nSPS) is 10.2. The molecule has 88 valence electrons. The Morgan fingerprint density at radius 1 is 1.35 bits per heavy atom. The number of hydrogen-bond donors (Lipinski definition) is 0. The third-order valence-corrected chi connectivity index (χ3v) is 2.19. The minimum absolute atomic E-state index is 0.123. The molecule has 0 atom stereocenters. The van der Waals surface area contributed by atoms with Crippen LogP contribution in [0.25, 0.3) is 11.4 Å². The van der Waals surface area contributed by atoms with E-state index in [-0.39, 0.29) is 12.5 Å². The van der Waals surface area contributed by atoms with Gasteiger partial charge in [0, 0.05) is 5.56 Å². The van der Waals surface area contributed by atoms with Crippen molar-refractivity contribution in [2.75, 3.05) is 6.61 Å². The lowest BCUT2D eigenvalue weighted by Crippen LogP contribution is -2.04. The van der Waals surface area contributed by atoms with Crippen molar-refractivity contribution in [1.29, 1.82) is 0 Å². The number of benzene rings is 1. The van der Waals surface area contributed by atoms with Crippen LogP contribution in [0, 0.1) is 6.92 Å². The molecule has 5 heteroatoms. The lowest BCUT2D eigenvalue weighted by Gasteiger charge is -1.95. The fourth-order valence-electron chi connectivity index (χ4n) is 1.32. The molecule has 0 aliphatic heterocycles. The van der Waals surface area contributed by atoms with Crippen molar-refractivity contribution < 1.29 is 14.1 Å². The van der Waals surface area contributed by atoms with Gasteiger partial charge in [-0.15, -0.1) is 0 Å². The standard InChI is InChI=1S/C12H12N2O3/c1-3-16-12(15)11-13-10(14-17-11)9-6-4-8(2)5-7-9/h4-7H,3H2,1-2H3. The molecule has 0 fully saturated rings. The Bertz CT molecular complexity index is 517. The van der Waals surface area contributed by atoms with Crippen molar-refractivity contribution in [3.63, 3.8) is 0 Å². The van der Waals surface area contributed by atoms with Gasteiger partial charge in [-0.2, -0.15) is 4.98 Å². The maximum absolute atomic E-state index is 11.3. The van der Waals surface area contributed by atoms with Gasteiger partial charge >= 0.3 is 11.9 Å². The molecule has 2 rings (SSSR count). The van der Waals surface area contributed by atoms with Gasteiger partial charge in [-0.3, -0.25) is 0 Å². The van der Waals surface area contributed by atoms with Crippen LogP contribution in [0.3, 0.4) is 0 Å². The lowest BCUT2D eigenvalue weighted by molar-refractivity contribution is 0.0470. The summed E-state index contributed by atoms with van der Waals surface area (Å²) in [6.07, 6.45) is 0. The average molecular weight is 232 g/mol. The van der Waals surface area contributed by atoms with Crippen LogP contribution >= 0.6 is 0 Å². The Kier molecular flexibility index (Phi) is 3.18. The predicted octanol–water partition coefficient (Wildman–Crippen LogP) is 2.22. The second-order valence-corrected chi connectivity index (χ2v) is 3.51. The molecule has 1 aromatic carbocycles. The number of nitrogens with zero attached hydrogens (tertiary/aromatic N) is 2. The van der Waals surface area contributed by atoms with E-state index >= 15 is 0 Å². The van der Waals surface area contributed by atoms with E-state index in [4.69, 9.17) is 9.26 Å². The van der Waals surface area contributed by atoms with Crippen molar-refractivity contribution in [2.45, 2.75) is 13.8 Å². The average Bonchev–Trinajstić information content (AvgIpc) is 2.80. The van der Waals surface area contributed by atoms with Gasteiger partial charge in [0.05, 0.1) is 6.61 Å². The topological polar surface area (TPSA) is 65.2 Å². The van der Waals surface area contributed by atoms with E-state index < -0.39 is 5.97 Å². The molecule has 2 aromatic rings. The SMILES string of the molecule is CCOC(=O)c1nc(-c2ccc(C)cc2)no1. The van der Waals surface area contributed by atoms with E-state index in [1.165, 1.54) is 0 Å². The van der Waals surface area contributed by atoms with E-state index in [1.54, 1.807) is 6.92 Å². The molecule has 0 saturated heterocycles. The lowest BCUT2D eigenvalue weighted by atomic mass is 10.1. The smallest absolute Gasteiger partial charge is 0.397 e. The second kappa shape index (κ2) is 4.78. The maximum atomic E-state index is 11.3. The first kappa shape index (κ1) is 11.3. The molecular formula is C12H12N2O3. The minimum Gasteiger partial charge on any atom is -0.459 e. The van der Waals surface area contributed by atoms with E-state index in [0.717, 1.165) is 11.1 Å². The number of carbonyl (C=O) groups excluding carboxylic acids is 1. The number of carbonyl (C=O) groups is 1. The fourth-order valence-corrected chi connectivity index (χ4v) is 1.32. The minimum atomic E-state index is -0.599. The summed E-state index contributed by atoms with van der Waals surface area (Å²) in [7, 11) is 0. The van der Waals surface area contributed by atoms with E-state index in [9.17, 15) is 4.79 Å². The summed E-state index contributed by atoms with van der Waals surface area (Å²) < 4.78 is 9.59. The van der Waals surface area contributed by atoms with Crippen molar-refractivity contribution in [1.82, 2.24) is 10.1 Å². The summed E-state index contributed by atoms with van der Waals surface area (Å²) in [5, 5.41) is 3.73. The van der Waals surface area contributed by atoms with E-state index in [0.29, 0.717) is 5.82 Å². The number of hydrogen-bond acceptors (Lipinski definition) is 5. The van der Waals surface area contributed by atoms with Gasteiger partial charge in [0.2, 0.25) is 5.82 Å². The third kappa shape index (κ3) is 2.50. The highest BCUT2D eigenvalue weighted by molar-refractivity contribution is 5.84. The van der Waals surface area contributed by atoms with E-state index in [1.807, 2.05) is 31.2 Å². The van der Waals surface area contributed by atoms with Gasteiger partial charge in [-0.05, 0) is 13.8 Å².